The summed E-state index contributed by atoms with van der Waals surface area (Å²) in [5, 5.41) is 18.4. The summed E-state index contributed by atoms with van der Waals surface area (Å²) in [5.74, 6) is -0.421. The number of rotatable bonds is 6. The Morgan fingerprint density at radius 1 is 1.59 bits per heavy atom. The Bertz CT molecular complexity index is 420. The molecule has 1 aromatic heterocycles. The molecule has 0 aliphatic heterocycles. The fourth-order valence-corrected chi connectivity index (χ4v) is 2.41. The van der Waals surface area contributed by atoms with Crippen LogP contribution < -0.4 is 4.90 Å². The van der Waals surface area contributed by atoms with Crippen LogP contribution >= 0.6 is 11.3 Å². The van der Waals surface area contributed by atoms with Gasteiger partial charge in [0, 0.05) is 13.1 Å². The van der Waals surface area contributed by atoms with Gasteiger partial charge in [0.2, 0.25) is 0 Å². The molecule has 0 aromatic carbocycles. The fraction of sp³-hybridized carbons (Fsp3) is 0.500. The lowest BCUT2D eigenvalue weighted by Gasteiger charge is -2.23. The predicted molar refractivity (Wildman–Crippen MR) is 68.6 cm³/mol. The van der Waals surface area contributed by atoms with Gasteiger partial charge in [-0.25, -0.2) is 4.79 Å². The minimum absolute atomic E-state index is 0.339. The fourth-order valence-electron chi connectivity index (χ4n) is 1.53. The van der Waals surface area contributed by atoms with E-state index < -0.39 is 5.97 Å². The maximum absolute atomic E-state index is 10.8. The van der Waals surface area contributed by atoms with Crippen LogP contribution in [0.1, 0.15) is 29.9 Å². The number of anilines is 1. The van der Waals surface area contributed by atoms with Gasteiger partial charge in [0.25, 0.3) is 0 Å². The molecule has 0 spiro atoms. The molecule has 0 fully saturated rings. The Kier molecular flexibility index (Phi) is 4.98. The number of thiophene rings is 1. The molecule has 1 heterocycles. The molecule has 5 heteroatoms. The minimum Gasteiger partial charge on any atom is -0.477 e. The molecule has 0 bridgehead atoms. The molecule has 0 saturated carbocycles. The van der Waals surface area contributed by atoms with E-state index in [-0.39, 0.29) is 0 Å². The summed E-state index contributed by atoms with van der Waals surface area (Å²) in [7, 11) is 0. The molecule has 0 saturated heterocycles. The van der Waals surface area contributed by atoms with Crippen LogP contribution in [-0.2, 0) is 0 Å². The molecule has 0 radical (unpaired) electrons. The molecule has 4 nitrogen and oxygen atoms in total. The third-order valence-electron chi connectivity index (χ3n) is 2.19. The first kappa shape index (κ1) is 13.5. The Balaban J connectivity index is 2.80. The van der Waals surface area contributed by atoms with E-state index in [9.17, 15) is 4.79 Å². The Hall–Kier alpha value is -1.54. The first-order valence-corrected chi connectivity index (χ1v) is 6.31. The van der Waals surface area contributed by atoms with Crippen molar-refractivity contribution in [3.63, 3.8) is 0 Å². The van der Waals surface area contributed by atoms with Gasteiger partial charge < -0.3 is 10.0 Å². The highest BCUT2D eigenvalue weighted by molar-refractivity contribution is 7.17. The molecular formula is C12H16N2O2S. The number of carboxylic acid groups (broad SMARTS) is 1. The van der Waals surface area contributed by atoms with Gasteiger partial charge in [-0.15, -0.1) is 11.3 Å². The second-order valence-electron chi connectivity index (χ2n) is 4.19. The van der Waals surface area contributed by atoms with Gasteiger partial charge in [0.05, 0.1) is 17.5 Å². The smallest absolute Gasteiger partial charge is 0.345 e. The lowest BCUT2D eigenvalue weighted by Crippen LogP contribution is -2.27. The van der Waals surface area contributed by atoms with Crippen LogP contribution in [-0.4, -0.2) is 24.2 Å². The third kappa shape index (κ3) is 4.08. The van der Waals surface area contributed by atoms with Gasteiger partial charge in [-0.05, 0) is 18.1 Å². The Morgan fingerprint density at radius 2 is 2.29 bits per heavy atom. The second-order valence-corrected chi connectivity index (χ2v) is 5.25. The van der Waals surface area contributed by atoms with Gasteiger partial charge in [-0.2, -0.15) is 5.26 Å². The average molecular weight is 252 g/mol. The van der Waals surface area contributed by atoms with Crippen molar-refractivity contribution in [1.82, 2.24) is 0 Å². The first-order chi connectivity index (χ1) is 8.04. The van der Waals surface area contributed by atoms with E-state index in [1.54, 1.807) is 6.07 Å². The highest BCUT2D eigenvalue weighted by Crippen LogP contribution is 2.26. The van der Waals surface area contributed by atoms with Gasteiger partial charge in [-0.1, -0.05) is 13.8 Å². The lowest BCUT2D eigenvalue weighted by atomic mass is 10.2. The summed E-state index contributed by atoms with van der Waals surface area (Å²) in [6.07, 6.45) is 0.451. The summed E-state index contributed by atoms with van der Waals surface area (Å²) in [4.78, 5) is 13.2. The van der Waals surface area contributed by atoms with Crippen LogP contribution in [0, 0.1) is 17.2 Å². The predicted octanol–water partition coefficient (Wildman–Crippen LogP) is 2.82. The standard InChI is InChI=1S/C12H16N2O2S/c1-9(2)8-14(7-3-6-13)11-5-4-10(17-11)12(15)16/h4-5,9H,3,7-8H2,1-2H3,(H,15,16). The zero-order chi connectivity index (χ0) is 12.8. The number of nitrogens with zero attached hydrogens (tertiary/aromatic N) is 2. The Morgan fingerprint density at radius 3 is 2.76 bits per heavy atom. The summed E-state index contributed by atoms with van der Waals surface area (Å²) < 4.78 is 0. The highest BCUT2D eigenvalue weighted by atomic mass is 32.1. The van der Waals surface area contributed by atoms with E-state index in [0.717, 1.165) is 11.5 Å². The largest absolute Gasteiger partial charge is 0.477 e. The van der Waals surface area contributed by atoms with Crippen molar-refractivity contribution in [3.05, 3.63) is 17.0 Å². The van der Waals surface area contributed by atoms with Crippen molar-refractivity contribution in [3.8, 4) is 6.07 Å². The zero-order valence-corrected chi connectivity index (χ0v) is 10.8. The molecule has 0 amide bonds. The lowest BCUT2D eigenvalue weighted by molar-refractivity contribution is 0.0702. The van der Waals surface area contributed by atoms with E-state index in [2.05, 4.69) is 24.8 Å². The molecule has 92 valence electrons. The molecule has 0 aliphatic rings. The van der Waals surface area contributed by atoms with Crippen LogP contribution in [0.25, 0.3) is 0 Å². The maximum Gasteiger partial charge on any atom is 0.345 e. The van der Waals surface area contributed by atoms with Gasteiger partial charge in [0.1, 0.15) is 4.88 Å². The van der Waals surface area contributed by atoms with Gasteiger partial charge in [0.15, 0.2) is 0 Å². The monoisotopic (exact) mass is 252 g/mol. The molecular weight excluding hydrogens is 236 g/mol. The van der Waals surface area contributed by atoms with E-state index in [1.165, 1.54) is 11.3 Å². The second kappa shape index (κ2) is 6.26. The van der Waals surface area contributed by atoms with Crippen LogP contribution in [0.4, 0.5) is 5.00 Å². The van der Waals surface area contributed by atoms with Crippen molar-refractivity contribution in [1.29, 1.82) is 5.26 Å². The summed E-state index contributed by atoms with van der Waals surface area (Å²) >= 11 is 1.26. The van der Waals surface area contributed by atoms with E-state index in [1.807, 2.05) is 6.07 Å². The highest BCUT2D eigenvalue weighted by Gasteiger charge is 2.13. The van der Waals surface area contributed by atoms with Crippen molar-refractivity contribution in [2.75, 3.05) is 18.0 Å². The summed E-state index contributed by atoms with van der Waals surface area (Å²) in [6, 6.07) is 5.54. The molecule has 1 N–H and O–H groups in total. The quantitative estimate of drug-likeness (QED) is 0.845. The molecule has 1 rings (SSSR count). The molecule has 0 atom stereocenters. The van der Waals surface area contributed by atoms with Gasteiger partial charge >= 0.3 is 5.97 Å². The van der Waals surface area contributed by atoms with E-state index in [0.29, 0.717) is 23.8 Å². The van der Waals surface area contributed by atoms with Crippen molar-refractivity contribution < 1.29 is 9.90 Å². The van der Waals surface area contributed by atoms with Crippen molar-refractivity contribution in [2.24, 2.45) is 5.92 Å². The maximum atomic E-state index is 10.8. The minimum atomic E-state index is -0.897. The molecule has 17 heavy (non-hydrogen) atoms. The number of nitriles is 1. The SMILES string of the molecule is CC(C)CN(CCC#N)c1ccc(C(=O)O)s1. The summed E-state index contributed by atoms with van der Waals surface area (Å²) in [5.41, 5.74) is 0. The van der Waals surface area contributed by atoms with E-state index >= 15 is 0 Å². The first-order valence-electron chi connectivity index (χ1n) is 5.49. The normalized spacial score (nSPS) is 10.2. The topological polar surface area (TPSA) is 64.3 Å². The number of hydrogen-bond donors (Lipinski definition) is 1. The molecule has 0 unspecified atom stereocenters. The number of carboxylic acids is 1. The molecule has 0 aliphatic carbocycles. The summed E-state index contributed by atoms with van der Waals surface area (Å²) in [6.45, 7) is 5.69. The van der Waals surface area contributed by atoms with Crippen LogP contribution in [0.3, 0.4) is 0 Å². The number of carbonyl (C=O) groups is 1. The number of aromatic carboxylic acids is 1. The van der Waals surface area contributed by atoms with Crippen LogP contribution in [0.15, 0.2) is 12.1 Å². The average Bonchev–Trinajstić information content (AvgIpc) is 2.72. The van der Waals surface area contributed by atoms with Crippen LogP contribution in [0.5, 0.6) is 0 Å². The third-order valence-corrected chi connectivity index (χ3v) is 3.33. The number of hydrogen-bond acceptors (Lipinski definition) is 4. The van der Waals surface area contributed by atoms with Crippen molar-refractivity contribution >= 4 is 22.3 Å². The van der Waals surface area contributed by atoms with Crippen LogP contribution in [0.2, 0.25) is 0 Å². The van der Waals surface area contributed by atoms with Crippen molar-refractivity contribution in [2.45, 2.75) is 20.3 Å². The Labute approximate surface area is 105 Å². The zero-order valence-electron chi connectivity index (χ0n) is 10.0. The molecule has 1 aromatic rings. The van der Waals surface area contributed by atoms with Gasteiger partial charge in [-0.3, -0.25) is 0 Å². The van der Waals surface area contributed by atoms with E-state index in [4.69, 9.17) is 10.4 Å².